The molecule has 0 radical (unpaired) electrons. The molecule has 0 bridgehead atoms. The van der Waals surface area contributed by atoms with Gasteiger partial charge in [-0.05, 0) is 0 Å². The minimum absolute atomic E-state index is 0. The Morgan fingerprint density at radius 2 is 1.22 bits per heavy atom. The molecule has 0 fully saturated rings. The molecule has 0 aliphatic heterocycles. The Balaban J connectivity index is 0. The van der Waals surface area contributed by atoms with Gasteiger partial charge < -0.3 is 0 Å². The predicted octanol–water partition coefficient (Wildman–Crippen LogP) is 4.83. The molecule has 0 unspecified atom stereocenters. The average Bonchev–Trinajstić information content (AvgIpc) is 2.81. The van der Waals surface area contributed by atoms with Crippen molar-refractivity contribution in [1.82, 2.24) is 0 Å². The molecule has 2 aromatic carbocycles. The van der Waals surface area contributed by atoms with Crippen molar-refractivity contribution in [3.8, 4) is 0 Å². The molecule has 3 heteroatoms. The summed E-state index contributed by atoms with van der Waals surface area (Å²) >= 11 is 4.50. The summed E-state index contributed by atoms with van der Waals surface area (Å²) < 4.78 is 3.72. The number of hydrogen-bond acceptors (Lipinski definition) is 1. The predicted molar refractivity (Wildman–Crippen MR) is 75.9 cm³/mol. The van der Waals surface area contributed by atoms with Gasteiger partial charge in [-0.3, -0.25) is 4.29 Å². The Morgan fingerprint density at radius 1 is 0.944 bits per heavy atom. The number of rotatable bonds is 0. The van der Waals surface area contributed by atoms with E-state index in [2.05, 4.69) is 80.2 Å². The fourth-order valence-electron chi connectivity index (χ4n) is 1.20. The minimum Gasteiger partial charge on any atom is -0.283 e. The van der Waals surface area contributed by atoms with Crippen molar-refractivity contribution in [1.29, 1.82) is 0 Å². The largest absolute Gasteiger partial charge is 2.00 e. The second-order valence-electron chi connectivity index (χ2n) is 3.94. The van der Waals surface area contributed by atoms with Crippen LogP contribution in [0.5, 0.6) is 0 Å². The maximum Gasteiger partial charge on any atom is 2.00 e. The summed E-state index contributed by atoms with van der Waals surface area (Å²) in [6, 6.07) is 12.6. The van der Waals surface area contributed by atoms with Crippen molar-refractivity contribution in [2.45, 2.75) is 27.7 Å². The molecule has 2 rings (SSSR count). The van der Waals surface area contributed by atoms with Crippen molar-refractivity contribution < 1.29 is 30.5 Å². The quantitative estimate of drug-likeness (QED) is 0.622. The monoisotopic (exact) mass is 342 g/mol. The second-order valence-corrected chi connectivity index (χ2v) is 4.25. The zero-order chi connectivity index (χ0) is 13.3. The van der Waals surface area contributed by atoms with E-state index in [1.165, 1.54) is 29.4 Å². The SMILES string of the molecule is COCl.Cc1ccc[c-]1C.Cc1ccc[c-]1C.[Zr+2]. The first kappa shape index (κ1) is 20.2. The van der Waals surface area contributed by atoms with E-state index in [0.717, 1.165) is 0 Å². The molecule has 0 saturated carbocycles. The van der Waals surface area contributed by atoms with Gasteiger partial charge in [0.15, 0.2) is 0 Å². The Labute approximate surface area is 135 Å². The Hall–Kier alpha value is -0.167. The average molecular weight is 344 g/mol. The van der Waals surface area contributed by atoms with Gasteiger partial charge in [-0.15, -0.1) is 0 Å². The fourth-order valence-corrected chi connectivity index (χ4v) is 1.20. The van der Waals surface area contributed by atoms with E-state index in [9.17, 15) is 0 Å². The van der Waals surface area contributed by atoms with Gasteiger partial charge in [-0.25, -0.2) is 24.3 Å². The van der Waals surface area contributed by atoms with Crippen LogP contribution >= 0.6 is 11.9 Å². The summed E-state index contributed by atoms with van der Waals surface area (Å²) in [7, 11) is 1.39. The fraction of sp³-hybridized carbons (Fsp3) is 0.333. The molecule has 18 heavy (non-hydrogen) atoms. The first-order valence-corrected chi connectivity index (χ1v) is 5.86. The molecule has 0 aromatic heterocycles. The van der Waals surface area contributed by atoms with Crippen LogP contribution in [0.2, 0.25) is 0 Å². The van der Waals surface area contributed by atoms with Crippen LogP contribution < -0.4 is 0 Å². The molecular formula is C15H21ClOZr. The Kier molecular flexibility index (Phi) is 13.3. The third-order valence-electron chi connectivity index (χ3n) is 2.63. The van der Waals surface area contributed by atoms with Gasteiger partial charge in [0.2, 0.25) is 0 Å². The first-order valence-electron chi connectivity index (χ1n) is 5.55. The molecule has 98 valence electrons. The summed E-state index contributed by atoms with van der Waals surface area (Å²) in [6.45, 7) is 8.48. The van der Waals surface area contributed by atoms with Crippen LogP contribution in [0.1, 0.15) is 22.3 Å². The molecule has 1 nitrogen and oxygen atoms in total. The maximum atomic E-state index is 4.50. The van der Waals surface area contributed by atoms with Crippen molar-refractivity contribution in [3.05, 3.63) is 58.7 Å². The van der Waals surface area contributed by atoms with Gasteiger partial charge in [-0.1, -0.05) is 27.7 Å². The topological polar surface area (TPSA) is 9.23 Å². The zero-order valence-corrected chi connectivity index (χ0v) is 15.0. The number of aryl methyl sites for hydroxylation is 4. The van der Waals surface area contributed by atoms with Crippen LogP contribution in [0.3, 0.4) is 0 Å². The van der Waals surface area contributed by atoms with Gasteiger partial charge in [0.1, 0.15) is 0 Å². The van der Waals surface area contributed by atoms with E-state index >= 15 is 0 Å². The maximum absolute atomic E-state index is 4.50. The van der Waals surface area contributed by atoms with Crippen LogP contribution in [-0.2, 0) is 30.5 Å². The molecule has 0 aliphatic rings. The summed E-state index contributed by atoms with van der Waals surface area (Å²) in [6.07, 6.45) is 0. The van der Waals surface area contributed by atoms with Gasteiger partial charge in [0.25, 0.3) is 0 Å². The molecule has 0 spiro atoms. The van der Waals surface area contributed by atoms with Gasteiger partial charge in [0, 0.05) is 0 Å². The van der Waals surface area contributed by atoms with Gasteiger partial charge >= 0.3 is 26.2 Å². The van der Waals surface area contributed by atoms with E-state index in [4.69, 9.17) is 0 Å². The third-order valence-corrected chi connectivity index (χ3v) is 2.63. The first-order chi connectivity index (χ1) is 8.02. The standard InChI is InChI=1S/2C7H9.CH3ClO.Zr/c2*1-6-4-3-5-7(6)2;1-3-2;/h2*3-5H,1-2H3;1H3;/q2*-1;;+2. The van der Waals surface area contributed by atoms with Crippen LogP contribution in [-0.4, -0.2) is 7.11 Å². The van der Waals surface area contributed by atoms with Gasteiger partial charge in [0.05, 0.1) is 19.0 Å². The molecule has 0 saturated heterocycles. The zero-order valence-electron chi connectivity index (χ0n) is 11.8. The van der Waals surface area contributed by atoms with Crippen molar-refractivity contribution in [3.63, 3.8) is 0 Å². The van der Waals surface area contributed by atoms with E-state index in [0.29, 0.717) is 0 Å². The molecule has 0 atom stereocenters. The normalized spacial score (nSPS) is 8.33. The van der Waals surface area contributed by atoms with Crippen molar-refractivity contribution in [2.24, 2.45) is 0 Å². The summed E-state index contributed by atoms with van der Waals surface area (Å²) in [5, 5.41) is 0. The minimum atomic E-state index is 0. The molecule has 2 aromatic rings. The van der Waals surface area contributed by atoms with Crippen LogP contribution in [0.25, 0.3) is 0 Å². The summed E-state index contributed by atoms with van der Waals surface area (Å²) in [4.78, 5) is 0. The summed E-state index contributed by atoms with van der Waals surface area (Å²) in [5.74, 6) is 0. The van der Waals surface area contributed by atoms with Crippen LogP contribution in [0.15, 0.2) is 36.4 Å². The number of halogens is 1. The van der Waals surface area contributed by atoms with E-state index in [-0.39, 0.29) is 26.2 Å². The molecule has 0 heterocycles. The second kappa shape index (κ2) is 11.9. The number of hydrogen-bond donors (Lipinski definition) is 0. The molecule has 0 aliphatic carbocycles. The third kappa shape index (κ3) is 8.86. The smallest absolute Gasteiger partial charge is 0.283 e. The van der Waals surface area contributed by atoms with E-state index in [1.807, 2.05) is 0 Å². The van der Waals surface area contributed by atoms with Crippen LogP contribution in [0.4, 0.5) is 0 Å². The molecule has 0 amide bonds. The van der Waals surface area contributed by atoms with Crippen molar-refractivity contribution in [2.75, 3.05) is 7.11 Å². The summed E-state index contributed by atoms with van der Waals surface area (Å²) in [5.41, 5.74) is 5.56. The molecule has 0 N–H and O–H groups in total. The van der Waals surface area contributed by atoms with E-state index < -0.39 is 0 Å². The Bertz CT molecular complexity index is 333. The van der Waals surface area contributed by atoms with E-state index in [1.54, 1.807) is 0 Å². The van der Waals surface area contributed by atoms with Crippen molar-refractivity contribution >= 4 is 11.9 Å². The Morgan fingerprint density at radius 3 is 1.28 bits per heavy atom. The van der Waals surface area contributed by atoms with Crippen LogP contribution in [0, 0.1) is 27.7 Å². The van der Waals surface area contributed by atoms with Gasteiger partial charge in [-0.2, -0.15) is 34.4 Å². The molecular weight excluding hydrogens is 323 g/mol.